The van der Waals surface area contributed by atoms with E-state index in [4.69, 9.17) is 22.1 Å². The minimum Gasteiger partial charge on any atom is -0.478 e. The van der Waals surface area contributed by atoms with Gasteiger partial charge in [0.25, 0.3) is 5.91 Å². The summed E-state index contributed by atoms with van der Waals surface area (Å²) < 4.78 is 57.0. The van der Waals surface area contributed by atoms with Crippen LogP contribution in [-0.4, -0.2) is 64.0 Å². The maximum absolute atomic E-state index is 14.9. The van der Waals surface area contributed by atoms with Gasteiger partial charge in [-0.15, -0.1) is 0 Å². The van der Waals surface area contributed by atoms with Gasteiger partial charge in [-0.25, -0.2) is 9.18 Å². The Balaban J connectivity index is 1.52. The van der Waals surface area contributed by atoms with E-state index in [9.17, 15) is 37.1 Å². The van der Waals surface area contributed by atoms with Crippen molar-refractivity contribution in [2.75, 3.05) is 13.1 Å². The fraction of sp³-hybridized carbons (Fsp3) is 0.379. The molecule has 2 fully saturated rings. The van der Waals surface area contributed by atoms with Crippen molar-refractivity contribution in [2.45, 2.75) is 49.8 Å². The van der Waals surface area contributed by atoms with Crippen molar-refractivity contribution in [1.29, 1.82) is 5.41 Å². The number of aliphatic hydroxyl groups is 1. The first kappa shape index (κ1) is 29.7. The Morgan fingerprint density at radius 2 is 1.81 bits per heavy atom. The number of hydrogen-bond donors (Lipinski definition) is 4. The van der Waals surface area contributed by atoms with Crippen molar-refractivity contribution in [3.63, 3.8) is 0 Å². The van der Waals surface area contributed by atoms with Crippen LogP contribution in [0.4, 0.5) is 17.6 Å². The summed E-state index contributed by atoms with van der Waals surface area (Å²) in [6, 6.07) is 6.85. The summed E-state index contributed by atoms with van der Waals surface area (Å²) in [5, 5.41) is 29.9. The number of aliphatic hydroxyl groups excluding tert-OH is 1. The fourth-order valence-corrected chi connectivity index (χ4v) is 5.91. The molecule has 2 aromatic carbocycles. The lowest BCUT2D eigenvalue weighted by atomic mass is 9.82. The molecule has 2 aromatic rings. The molecule has 1 saturated carbocycles. The average Bonchev–Trinajstić information content (AvgIpc) is 3.73. The molecule has 0 radical (unpaired) electrons. The van der Waals surface area contributed by atoms with Crippen molar-refractivity contribution in [3.05, 3.63) is 80.8 Å². The van der Waals surface area contributed by atoms with Gasteiger partial charge in [0, 0.05) is 30.3 Å². The highest BCUT2D eigenvalue weighted by molar-refractivity contribution is 6.34. The average molecular weight is 608 g/mol. The van der Waals surface area contributed by atoms with Crippen LogP contribution in [0.25, 0.3) is 0 Å². The van der Waals surface area contributed by atoms with Gasteiger partial charge in [0.15, 0.2) is 0 Å². The molecular formula is C29H26ClF4N3O5. The number of nitrogens with zero attached hydrogens (tertiary/aromatic N) is 1. The summed E-state index contributed by atoms with van der Waals surface area (Å²) in [6.07, 6.45) is -5.51. The number of hydrogen-bond acceptors (Lipinski definition) is 5. The number of benzene rings is 2. The van der Waals surface area contributed by atoms with Gasteiger partial charge in [-0.3, -0.25) is 15.0 Å². The molecule has 1 unspecified atom stereocenters. The summed E-state index contributed by atoms with van der Waals surface area (Å²) in [5.74, 6) is -4.26. The molecular weight excluding hydrogens is 582 g/mol. The van der Waals surface area contributed by atoms with E-state index in [-0.39, 0.29) is 95.4 Å². The maximum atomic E-state index is 14.9. The van der Waals surface area contributed by atoms with E-state index in [0.717, 1.165) is 18.2 Å². The zero-order valence-electron chi connectivity index (χ0n) is 22.0. The number of carboxylic acid groups (broad SMARTS) is 1. The van der Waals surface area contributed by atoms with Crippen molar-refractivity contribution in [3.8, 4) is 0 Å². The van der Waals surface area contributed by atoms with Gasteiger partial charge in [-0.1, -0.05) is 23.7 Å². The molecule has 1 heterocycles. The molecule has 8 nitrogen and oxygen atoms in total. The molecule has 1 saturated heterocycles. The number of aromatic carboxylic acids is 1. The number of carbonyl (C=O) groups excluding carboxylic acids is 2. The van der Waals surface area contributed by atoms with Crippen molar-refractivity contribution >= 4 is 35.1 Å². The van der Waals surface area contributed by atoms with Crippen molar-refractivity contribution < 1.29 is 42.2 Å². The Kier molecular flexibility index (Phi) is 7.65. The molecule has 13 heteroatoms. The molecule has 4 N–H and O–H groups in total. The second-order valence-electron chi connectivity index (χ2n) is 10.9. The number of amides is 2. The first-order valence-electron chi connectivity index (χ1n) is 13.2. The van der Waals surface area contributed by atoms with E-state index < -0.39 is 41.3 Å². The molecule has 222 valence electrons. The first-order chi connectivity index (χ1) is 19.7. The SMILES string of the molecule is N=C(C1=C(NC(=O)c2c(Cl)cccc2C2(C(F)(F)F)CC2)CC(C(=O)N2CC(O)C2)CC1)c1ccc(C(=O)O)cc1F. The summed E-state index contributed by atoms with van der Waals surface area (Å²) in [4.78, 5) is 39.4. The van der Waals surface area contributed by atoms with Crippen LogP contribution in [0, 0.1) is 17.1 Å². The number of likely N-dealkylation sites (tertiary alicyclic amines) is 1. The second kappa shape index (κ2) is 10.8. The normalized spacial score (nSPS) is 20.1. The van der Waals surface area contributed by atoms with Crippen LogP contribution >= 0.6 is 11.6 Å². The zero-order valence-corrected chi connectivity index (χ0v) is 22.8. The van der Waals surface area contributed by atoms with Crippen LogP contribution in [0.3, 0.4) is 0 Å². The van der Waals surface area contributed by atoms with E-state index in [1.165, 1.54) is 23.1 Å². The highest BCUT2D eigenvalue weighted by Crippen LogP contribution is 2.60. The number of allylic oxidation sites excluding steroid dienone is 2. The summed E-state index contributed by atoms with van der Waals surface area (Å²) in [5.41, 5.74) is -3.59. The van der Waals surface area contributed by atoms with Gasteiger partial charge in [0.05, 0.1) is 33.4 Å². The molecule has 2 aliphatic carbocycles. The monoisotopic (exact) mass is 607 g/mol. The molecule has 5 rings (SSSR count). The van der Waals surface area contributed by atoms with Gasteiger partial charge in [-0.2, -0.15) is 13.2 Å². The van der Waals surface area contributed by atoms with Crippen LogP contribution in [0.5, 0.6) is 0 Å². The Labute approximate surface area is 242 Å². The molecule has 42 heavy (non-hydrogen) atoms. The predicted molar refractivity (Wildman–Crippen MR) is 143 cm³/mol. The highest BCUT2D eigenvalue weighted by Gasteiger charge is 2.65. The Morgan fingerprint density at radius 1 is 1.12 bits per heavy atom. The minimum absolute atomic E-state index is 0.0449. The third-order valence-electron chi connectivity index (χ3n) is 8.18. The highest BCUT2D eigenvalue weighted by atomic mass is 35.5. The van der Waals surface area contributed by atoms with E-state index in [0.29, 0.717) is 0 Å². The number of halogens is 5. The van der Waals surface area contributed by atoms with Gasteiger partial charge < -0.3 is 20.4 Å². The number of rotatable bonds is 7. The van der Waals surface area contributed by atoms with E-state index in [1.807, 2.05) is 0 Å². The summed E-state index contributed by atoms with van der Waals surface area (Å²) in [6.45, 7) is 0.292. The van der Waals surface area contributed by atoms with Crippen LogP contribution in [0.15, 0.2) is 47.7 Å². The van der Waals surface area contributed by atoms with Crippen molar-refractivity contribution in [2.24, 2.45) is 5.92 Å². The van der Waals surface area contributed by atoms with Crippen LogP contribution in [0.2, 0.25) is 5.02 Å². The number of β-amino-alcohol motifs (C(OH)–C–C–N with tert-alkyl or cyclic N) is 1. The molecule has 2 amide bonds. The quantitative estimate of drug-likeness (QED) is 0.265. The van der Waals surface area contributed by atoms with Gasteiger partial charge in [0.1, 0.15) is 5.82 Å². The van der Waals surface area contributed by atoms with Crippen LogP contribution in [0.1, 0.15) is 63.9 Å². The second-order valence-corrected chi connectivity index (χ2v) is 11.3. The lowest BCUT2D eigenvalue weighted by molar-refractivity contribution is -0.160. The number of carbonyl (C=O) groups is 3. The predicted octanol–water partition coefficient (Wildman–Crippen LogP) is 4.83. The zero-order chi connectivity index (χ0) is 30.6. The molecule has 1 atom stereocenters. The fourth-order valence-electron chi connectivity index (χ4n) is 5.64. The van der Waals surface area contributed by atoms with Crippen molar-refractivity contribution in [1.82, 2.24) is 10.2 Å². The largest absolute Gasteiger partial charge is 0.478 e. The van der Waals surface area contributed by atoms with Gasteiger partial charge in [0.2, 0.25) is 5.91 Å². The smallest absolute Gasteiger partial charge is 0.398 e. The summed E-state index contributed by atoms with van der Waals surface area (Å²) in [7, 11) is 0. The molecule has 0 bridgehead atoms. The van der Waals surface area contributed by atoms with E-state index in [1.54, 1.807) is 0 Å². The van der Waals surface area contributed by atoms with E-state index >= 15 is 0 Å². The Morgan fingerprint density at radius 3 is 2.38 bits per heavy atom. The molecule has 1 aliphatic heterocycles. The first-order valence-corrected chi connectivity index (χ1v) is 13.6. The molecule has 0 spiro atoms. The third-order valence-corrected chi connectivity index (χ3v) is 8.50. The third kappa shape index (κ3) is 5.29. The topological polar surface area (TPSA) is 131 Å². The van der Waals surface area contributed by atoms with E-state index in [2.05, 4.69) is 5.32 Å². The molecule has 3 aliphatic rings. The van der Waals surface area contributed by atoms with Crippen LogP contribution in [-0.2, 0) is 10.2 Å². The summed E-state index contributed by atoms with van der Waals surface area (Å²) >= 11 is 6.27. The standard InChI is InChI=1S/C29H26ClF4N3O5/c30-20-3-1-2-19(28(8-9-28)29(32,33)34)23(20)25(39)36-22-11-14(26(40)37-12-16(38)13-37)4-7-18(22)24(35)17-6-5-15(27(41)42)10-21(17)31/h1-3,5-6,10,14,16,35,38H,4,7-9,11-13H2,(H,36,39)(H,41,42). The molecule has 0 aromatic heterocycles. The number of nitrogens with one attached hydrogen (secondary N) is 2. The van der Waals surface area contributed by atoms with Gasteiger partial charge in [-0.05, 0) is 67.5 Å². The van der Waals surface area contributed by atoms with Crippen LogP contribution < -0.4 is 5.32 Å². The number of carboxylic acids is 1. The lowest BCUT2D eigenvalue weighted by Crippen LogP contribution is -2.55. The lowest BCUT2D eigenvalue weighted by Gasteiger charge is -2.39. The number of alkyl halides is 3. The minimum atomic E-state index is -4.62. The Hall–Kier alpha value is -3.77. The van der Waals surface area contributed by atoms with Gasteiger partial charge >= 0.3 is 12.1 Å². The Bertz CT molecular complexity index is 1530. The maximum Gasteiger partial charge on any atom is 0.398 e.